The molecule has 0 saturated carbocycles. The quantitative estimate of drug-likeness (QED) is 0.762. The number of amides is 2. The molecule has 1 aromatic carbocycles. The van der Waals surface area contributed by atoms with E-state index in [4.69, 9.17) is 9.47 Å². The van der Waals surface area contributed by atoms with Crippen molar-refractivity contribution in [1.29, 1.82) is 0 Å². The van der Waals surface area contributed by atoms with Crippen LogP contribution in [-0.2, 0) is 25.5 Å². The molecule has 1 aromatic rings. The summed E-state index contributed by atoms with van der Waals surface area (Å²) in [5, 5.41) is 0. The maximum Gasteiger partial charge on any atom is 0.249 e. The van der Waals surface area contributed by atoms with Crippen molar-refractivity contribution in [2.24, 2.45) is 0 Å². The largest absolute Gasteiger partial charge is 0.381 e. The van der Waals surface area contributed by atoms with Gasteiger partial charge < -0.3 is 19.3 Å². The van der Waals surface area contributed by atoms with Gasteiger partial charge in [0.2, 0.25) is 11.8 Å². The van der Waals surface area contributed by atoms with Crippen LogP contribution < -0.4 is 0 Å². The molecular weight excluding hydrogens is 344 g/mol. The maximum absolute atomic E-state index is 12.8. The Kier molecular flexibility index (Phi) is 6.85. The van der Waals surface area contributed by atoms with Gasteiger partial charge in [-0.3, -0.25) is 9.59 Å². The van der Waals surface area contributed by atoms with Gasteiger partial charge in [0, 0.05) is 39.5 Å². The van der Waals surface area contributed by atoms with Crippen molar-refractivity contribution in [3.63, 3.8) is 0 Å². The summed E-state index contributed by atoms with van der Waals surface area (Å²) in [5.74, 6) is 0.153. The molecule has 6 nitrogen and oxygen atoms in total. The van der Waals surface area contributed by atoms with Crippen molar-refractivity contribution in [3.05, 3.63) is 35.4 Å². The fourth-order valence-electron chi connectivity index (χ4n) is 4.15. The molecule has 2 saturated heterocycles. The molecule has 0 aromatic heterocycles. The summed E-state index contributed by atoms with van der Waals surface area (Å²) < 4.78 is 10.6. The first kappa shape index (κ1) is 19.8. The average molecular weight is 374 g/mol. The van der Waals surface area contributed by atoms with Gasteiger partial charge in [-0.2, -0.15) is 0 Å². The van der Waals surface area contributed by atoms with E-state index >= 15 is 0 Å². The predicted molar refractivity (Wildman–Crippen MR) is 102 cm³/mol. The van der Waals surface area contributed by atoms with E-state index in [1.807, 2.05) is 41.0 Å². The third kappa shape index (κ3) is 4.87. The van der Waals surface area contributed by atoms with Crippen molar-refractivity contribution >= 4 is 11.8 Å². The molecule has 148 valence electrons. The number of aryl methyl sites for hydroxylation is 1. The summed E-state index contributed by atoms with van der Waals surface area (Å²) in [4.78, 5) is 29.4. The second-order valence-corrected chi connectivity index (χ2v) is 7.46. The first-order valence-electron chi connectivity index (χ1n) is 9.80. The Hall–Kier alpha value is -1.92. The molecule has 2 aliphatic heterocycles. The molecule has 0 N–H and O–H groups in total. The average Bonchev–Trinajstić information content (AvgIpc) is 3.15. The van der Waals surface area contributed by atoms with Gasteiger partial charge >= 0.3 is 0 Å². The summed E-state index contributed by atoms with van der Waals surface area (Å²) in [6, 6.07) is 8.25. The highest BCUT2D eigenvalue weighted by Crippen LogP contribution is 2.24. The van der Waals surface area contributed by atoms with Crippen LogP contribution in [0, 0.1) is 6.92 Å². The molecule has 1 atom stereocenters. The third-order valence-electron chi connectivity index (χ3n) is 5.65. The number of benzene rings is 1. The second kappa shape index (κ2) is 9.33. The lowest BCUT2D eigenvalue weighted by atomic mass is 10.0. The van der Waals surface area contributed by atoms with Crippen molar-refractivity contribution in [3.8, 4) is 0 Å². The highest BCUT2D eigenvalue weighted by molar-refractivity contribution is 5.80. The van der Waals surface area contributed by atoms with Crippen LogP contribution in [0.1, 0.15) is 30.4 Å². The fraction of sp³-hybridized carbons (Fsp3) is 0.619. The SMILES string of the molecule is COCC(=O)N(C1CCOCC1)C1CCN(C(=O)Cc2ccccc2C)C1. The molecular formula is C21H30N2O4. The highest BCUT2D eigenvalue weighted by atomic mass is 16.5. The third-order valence-corrected chi connectivity index (χ3v) is 5.65. The number of methoxy groups -OCH3 is 1. The molecule has 2 fully saturated rings. The summed E-state index contributed by atoms with van der Waals surface area (Å²) >= 11 is 0. The summed E-state index contributed by atoms with van der Waals surface area (Å²) in [6.07, 6.45) is 2.95. The van der Waals surface area contributed by atoms with E-state index in [1.54, 1.807) is 7.11 Å². The zero-order valence-corrected chi connectivity index (χ0v) is 16.4. The summed E-state index contributed by atoms with van der Waals surface area (Å²) in [7, 11) is 1.55. The lowest BCUT2D eigenvalue weighted by Crippen LogP contribution is -2.51. The number of carbonyl (C=O) groups is 2. The number of hydrogen-bond acceptors (Lipinski definition) is 4. The topological polar surface area (TPSA) is 59.1 Å². The molecule has 0 bridgehead atoms. The molecule has 27 heavy (non-hydrogen) atoms. The predicted octanol–water partition coefficient (Wildman–Crippen LogP) is 1.79. The van der Waals surface area contributed by atoms with Gasteiger partial charge in [-0.1, -0.05) is 24.3 Å². The molecule has 0 aliphatic carbocycles. The smallest absolute Gasteiger partial charge is 0.249 e. The van der Waals surface area contributed by atoms with Crippen LogP contribution in [0.2, 0.25) is 0 Å². The van der Waals surface area contributed by atoms with Gasteiger partial charge in [0.15, 0.2) is 0 Å². The Bertz CT molecular complexity index is 657. The lowest BCUT2D eigenvalue weighted by Gasteiger charge is -2.38. The van der Waals surface area contributed by atoms with E-state index in [-0.39, 0.29) is 30.5 Å². The van der Waals surface area contributed by atoms with Gasteiger partial charge in [0.05, 0.1) is 12.5 Å². The van der Waals surface area contributed by atoms with Crippen LogP contribution in [-0.4, -0.2) is 73.7 Å². The number of likely N-dealkylation sites (tertiary alicyclic amines) is 1. The minimum atomic E-state index is 0.0163. The second-order valence-electron chi connectivity index (χ2n) is 7.46. The Balaban J connectivity index is 1.65. The maximum atomic E-state index is 12.8. The lowest BCUT2D eigenvalue weighted by molar-refractivity contribution is -0.143. The zero-order valence-electron chi connectivity index (χ0n) is 16.4. The van der Waals surface area contributed by atoms with Gasteiger partial charge in [-0.15, -0.1) is 0 Å². The van der Waals surface area contributed by atoms with Crippen LogP contribution in [0.4, 0.5) is 0 Å². The number of hydrogen-bond donors (Lipinski definition) is 0. The number of ether oxygens (including phenoxy) is 2. The first-order chi connectivity index (χ1) is 13.1. The van der Waals surface area contributed by atoms with Gasteiger partial charge in [0.1, 0.15) is 6.61 Å². The monoisotopic (exact) mass is 374 g/mol. The van der Waals surface area contributed by atoms with Gasteiger partial charge in [-0.25, -0.2) is 0 Å². The molecule has 0 radical (unpaired) electrons. The normalized spacial score (nSPS) is 20.7. The van der Waals surface area contributed by atoms with E-state index in [2.05, 4.69) is 0 Å². The molecule has 3 rings (SSSR count). The summed E-state index contributed by atoms with van der Waals surface area (Å²) in [5.41, 5.74) is 2.21. The minimum absolute atomic E-state index is 0.0163. The van der Waals surface area contributed by atoms with E-state index in [0.29, 0.717) is 32.7 Å². The Morgan fingerprint density at radius 2 is 1.93 bits per heavy atom. The Morgan fingerprint density at radius 3 is 2.63 bits per heavy atom. The molecule has 2 aliphatic rings. The van der Waals surface area contributed by atoms with Crippen molar-refractivity contribution in [1.82, 2.24) is 9.80 Å². The molecule has 0 spiro atoms. The first-order valence-corrected chi connectivity index (χ1v) is 9.80. The number of carbonyl (C=O) groups excluding carboxylic acids is 2. The standard InChI is InChI=1S/C21H30N2O4/c1-16-5-3-4-6-17(16)13-20(24)22-10-7-19(14-22)23(21(25)15-26-2)18-8-11-27-12-9-18/h3-6,18-19H,7-15H2,1-2H3. The van der Waals surface area contributed by atoms with Crippen molar-refractivity contribution in [2.45, 2.75) is 44.7 Å². The van der Waals surface area contributed by atoms with Crippen LogP contribution >= 0.6 is 0 Å². The van der Waals surface area contributed by atoms with Crippen LogP contribution in [0.15, 0.2) is 24.3 Å². The zero-order chi connectivity index (χ0) is 19.2. The fourth-order valence-corrected chi connectivity index (χ4v) is 4.15. The van der Waals surface area contributed by atoms with Crippen LogP contribution in [0.5, 0.6) is 0 Å². The van der Waals surface area contributed by atoms with Gasteiger partial charge in [0.25, 0.3) is 0 Å². The van der Waals surface area contributed by atoms with Crippen LogP contribution in [0.25, 0.3) is 0 Å². The van der Waals surface area contributed by atoms with Crippen LogP contribution in [0.3, 0.4) is 0 Å². The summed E-state index contributed by atoms with van der Waals surface area (Å²) in [6.45, 7) is 4.80. The van der Waals surface area contributed by atoms with Crippen molar-refractivity contribution < 1.29 is 19.1 Å². The highest BCUT2D eigenvalue weighted by Gasteiger charge is 2.37. The van der Waals surface area contributed by atoms with E-state index in [1.165, 1.54) is 0 Å². The number of nitrogens with zero attached hydrogens (tertiary/aromatic N) is 2. The Labute approximate surface area is 161 Å². The van der Waals surface area contributed by atoms with E-state index in [9.17, 15) is 9.59 Å². The van der Waals surface area contributed by atoms with Crippen molar-refractivity contribution in [2.75, 3.05) is 40.0 Å². The minimum Gasteiger partial charge on any atom is -0.381 e. The Morgan fingerprint density at radius 1 is 1.19 bits per heavy atom. The van der Waals surface area contributed by atoms with E-state index < -0.39 is 0 Å². The molecule has 2 amide bonds. The number of rotatable bonds is 6. The van der Waals surface area contributed by atoms with Gasteiger partial charge in [-0.05, 0) is 37.3 Å². The molecule has 2 heterocycles. The molecule has 1 unspecified atom stereocenters. The van der Waals surface area contributed by atoms with E-state index in [0.717, 1.165) is 30.4 Å². The molecule has 6 heteroatoms.